The Labute approximate surface area is 172 Å². The Morgan fingerprint density at radius 1 is 1.14 bits per heavy atom. The minimum absolute atomic E-state index is 0.0127. The number of benzene rings is 2. The Bertz CT molecular complexity index is 835. The molecule has 2 aromatic rings. The van der Waals surface area contributed by atoms with Gasteiger partial charge < -0.3 is 15.3 Å². The van der Waals surface area contributed by atoms with Gasteiger partial charge in [0.2, 0.25) is 5.91 Å². The Morgan fingerprint density at radius 2 is 1.93 bits per heavy atom. The van der Waals surface area contributed by atoms with E-state index < -0.39 is 0 Å². The zero-order valence-corrected chi connectivity index (χ0v) is 17.1. The largest absolute Gasteiger partial charge is 0.507 e. The number of carbonyl (C=O) groups excluding carboxylic acids is 2. The Balaban J connectivity index is 1.68. The predicted molar refractivity (Wildman–Crippen MR) is 114 cm³/mol. The number of aromatic hydroxyl groups is 1. The van der Waals surface area contributed by atoms with Crippen LogP contribution in [0.4, 0.5) is 0 Å². The lowest BCUT2D eigenvalue weighted by molar-refractivity contribution is -0.126. The Morgan fingerprint density at radius 3 is 2.69 bits per heavy atom. The molecule has 154 valence electrons. The van der Waals surface area contributed by atoms with Crippen molar-refractivity contribution in [3.05, 3.63) is 65.2 Å². The fourth-order valence-corrected chi connectivity index (χ4v) is 3.77. The smallest absolute Gasteiger partial charge is 0.257 e. The van der Waals surface area contributed by atoms with Crippen LogP contribution in [0.5, 0.6) is 5.75 Å². The van der Waals surface area contributed by atoms with Gasteiger partial charge in [-0.1, -0.05) is 49.7 Å². The lowest BCUT2D eigenvalue weighted by Crippen LogP contribution is -2.45. The van der Waals surface area contributed by atoms with E-state index >= 15 is 0 Å². The van der Waals surface area contributed by atoms with Gasteiger partial charge in [-0.05, 0) is 48.9 Å². The molecule has 5 nitrogen and oxygen atoms in total. The van der Waals surface area contributed by atoms with Crippen LogP contribution >= 0.6 is 0 Å². The van der Waals surface area contributed by atoms with E-state index in [9.17, 15) is 14.7 Å². The first-order chi connectivity index (χ1) is 14.1. The van der Waals surface area contributed by atoms with Gasteiger partial charge in [0.25, 0.3) is 5.91 Å². The van der Waals surface area contributed by atoms with Crippen LogP contribution in [0.15, 0.2) is 48.5 Å². The monoisotopic (exact) mass is 394 g/mol. The van der Waals surface area contributed by atoms with Crippen molar-refractivity contribution >= 4 is 11.8 Å². The second-order valence-corrected chi connectivity index (χ2v) is 7.75. The molecule has 1 aliphatic rings. The van der Waals surface area contributed by atoms with E-state index in [1.165, 1.54) is 0 Å². The lowest BCUT2D eigenvalue weighted by atomic mass is 9.95. The predicted octanol–water partition coefficient (Wildman–Crippen LogP) is 3.75. The number of hydrogen-bond acceptors (Lipinski definition) is 3. The summed E-state index contributed by atoms with van der Waals surface area (Å²) >= 11 is 0. The first-order valence-electron chi connectivity index (χ1n) is 10.5. The van der Waals surface area contributed by atoms with Crippen LogP contribution in [0.3, 0.4) is 0 Å². The minimum Gasteiger partial charge on any atom is -0.507 e. The van der Waals surface area contributed by atoms with Gasteiger partial charge >= 0.3 is 0 Å². The van der Waals surface area contributed by atoms with E-state index in [1.807, 2.05) is 36.4 Å². The summed E-state index contributed by atoms with van der Waals surface area (Å²) in [7, 11) is 0. The standard InChI is InChI=1S/C24H30N2O3/c1-2-3-13-25-23(28)20-10-7-14-26(17-20)24(29)21-16-19(11-12-22(21)27)15-18-8-5-4-6-9-18/h4-6,8-9,11-12,16,20,27H,2-3,7,10,13-15,17H2,1H3,(H,25,28). The van der Waals surface area contributed by atoms with Gasteiger partial charge in [0.05, 0.1) is 11.5 Å². The van der Waals surface area contributed by atoms with Gasteiger partial charge in [0.15, 0.2) is 0 Å². The second-order valence-electron chi connectivity index (χ2n) is 7.75. The molecule has 1 saturated heterocycles. The molecule has 1 heterocycles. The van der Waals surface area contributed by atoms with Crippen molar-refractivity contribution in [3.63, 3.8) is 0 Å². The topological polar surface area (TPSA) is 69.6 Å². The van der Waals surface area contributed by atoms with Gasteiger partial charge in [-0.15, -0.1) is 0 Å². The van der Waals surface area contributed by atoms with E-state index in [0.29, 0.717) is 31.6 Å². The number of piperidine rings is 1. The summed E-state index contributed by atoms with van der Waals surface area (Å²) in [4.78, 5) is 27.2. The molecular weight excluding hydrogens is 364 g/mol. The highest BCUT2D eigenvalue weighted by atomic mass is 16.3. The maximum atomic E-state index is 13.1. The molecule has 1 fully saturated rings. The number of phenols is 1. The zero-order chi connectivity index (χ0) is 20.6. The van der Waals surface area contributed by atoms with Gasteiger partial charge in [-0.2, -0.15) is 0 Å². The number of phenolic OH excluding ortho intramolecular Hbond substituents is 1. The molecule has 2 N–H and O–H groups in total. The van der Waals surface area contributed by atoms with Crippen molar-refractivity contribution in [2.24, 2.45) is 5.92 Å². The summed E-state index contributed by atoms with van der Waals surface area (Å²) < 4.78 is 0. The first kappa shape index (κ1) is 20.9. The molecular formula is C24H30N2O3. The average Bonchev–Trinajstić information content (AvgIpc) is 2.75. The SMILES string of the molecule is CCCCNC(=O)C1CCCN(C(=O)c2cc(Cc3ccccc3)ccc2O)C1. The molecule has 1 aliphatic heterocycles. The maximum absolute atomic E-state index is 13.1. The number of likely N-dealkylation sites (tertiary alicyclic amines) is 1. The molecule has 0 spiro atoms. The third kappa shape index (κ3) is 5.59. The number of amides is 2. The molecule has 3 rings (SSSR count). The Hall–Kier alpha value is -2.82. The molecule has 0 aromatic heterocycles. The molecule has 1 atom stereocenters. The molecule has 0 saturated carbocycles. The normalized spacial score (nSPS) is 16.4. The van der Waals surface area contributed by atoms with Crippen LogP contribution < -0.4 is 5.32 Å². The van der Waals surface area contributed by atoms with Gasteiger partial charge in [0, 0.05) is 19.6 Å². The van der Waals surface area contributed by atoms with E-state index in [4.69, 9.17) is 0 Å². The summed E-state index contributed by atoms with van der Waals surface area (Å²) in [6.07, 6.45) is 4.28. The molecule has 0 aliphatic carbocycles. The summed E-state index contributed by atoms with van der Waals surface area (Å²) in [5.41, 5.74) is 2.44. The highest BCUT2D eigenvalue weighted by Gasteiger charge is 2.29. The summed E-state index contributed by atoms with van der Waals surface area (Å²) in [5, 5.41) is 13.3. The van der Waals surface area contributed by atoms with Crippen molar-refractivity contribution in [1.29, 1.82) is 0 Å². The number of unbranched alkanes of at least 4 members (excludes halogenated alkanes) is 1. The van der Waals surface area contributed by atoms with Crippen LogP contribution in [-0.2, 0) is 11.2 Å². The van der Waals surface area contributed by atoms with Crippen LogP contribution in [0.1, 0.15) is 54.1 Å². The first-order valence-corrected chi connectivity index (χ1v) is 10.5. The molecule has 5 heteroatoms. The minimum atomic E-state index is -0.205. The zero-order valence-electron chi connectivity index (χ0n) is 17.1. The molecule has 2 amide bonds. The van der Waals surface area contributed by atoms with Gasteiger partial charge in [-0.3, -0.25) is 9.59 Å². The van der Waals surface area contributed by atoms with E-state index in [1.54, 1.807) is 17.0 Å². The van der Waals surface area contributed by atoms with E-state index in [-0.39, 0.29) is 23.5 Å². The van der Waals surface area contributed by atoms with Crippen LogP contribution in [0.25, 0.3) is 0 Å². The van der Waals surface area contributed by atoms with E-state index in [2.05, 4.69) is 12.2 Å². The maximum Gasteiger partial charge on any atom is 0.257 e. The summed E-state index contributed by atoms with van der Waals surface area (Å²) in [6.45, 7) is 3.78. The average molecular weight is 395 g/mol. The lowest BCUT2D eigenvalue weighted by Gasteiger charge is -2.32. The van der Waals surface area contributed by atoms with Crippen LogP contribution in [0, 0.1) is 5.92 Å². The number of carbonyl (C=O) groups is 2. The number of rotatable bonds is 7. The fourth-order valence-electron chi connectivity index (χ4n) is 3.77. The van der Waals surface area contributed by atoms with Gasteiger partial charge in [-0.25, -0.2) is 0 Å². The van der Waals surface area contributed by atoms with E-state index in [0.717, 1.165) is 36.8 Å². The number of hydrogen-bond donors (Lipinski definition) is 2. The van der Waals surface area contributed by atoms with Crippen molar-refractivity contribution in [1.82, 2.24) is 10.2 Å². The van der Waals surface area contributed by atoms with Gasteiger partial charge in [0.1, 0.15) is 5.75 Å². The van der Waals surface area contributed by atoms with Crippen molar-refractivity contribution in [3.8, 4) is 5.75 Å². The molecule has 1 unspecified atom stereocenters. The molecule has 0 bridgehead atoms. The highest BCUT2D eigenvalue weighted by molar-refractivity contribution is 5.97. The van der Waals surface area contributed by atoms with Crippen LogP contribution in [-0.4, -0.2) is 41.5 Å². The number of nitrogens with one attached hydrogen (secondary N) is 1. The molecule has 2 aromatic carbocycles. The fraction of sp³-hybridized carbons (Fsp3) is 0.417. The summed E-state index contributed by atoms with van der Waals surface area (Å²) in [5.74, 6) is -0.373. The third-order valence-electron chi connectivity index (χ3n) is 5.45. The molecule has 0 radical (unpaired) electrons. The van der Waals surface area contributed by atoms with Crippen molar-refractivity contribution < 1.29 is 14.7 Å². The highest BCUT2D eigenvalue weighted by Crippen LogP contribution is 2.25. The quantitative estimate of drug-likeness (QED) is 0.703. The van der Waals surface area contributed by atoms with Crippen molar-refractivity contribution in [2.75, 3.05) is 19.6 Å². The summed E-state index contributed by atoms with van der Waals surface area (Å²) in [6, 6.07) is 15.2. The number of nitrogens with zero attached hydrogens (tertiary/aromatic N) is 1. The van der Waals surface area contributed by atoms with Crippen molar-refractivity contribution in [2.45, 2.75) is 39.0 Å². The van der Waals surface area contributed by atoms with Crippen LogP contribution in [0.2, 0.25) is 0 Å². The Kier molecular flexibility index (Phi) is 7.28. The molecule has 29 heavy (non-hydrogen) atoms. The third-order valence-corrected chi connectivity index (χ3v) is 5.45. The second kappa shape index (κ2) is 10.1.